The Morgan fingerprint density at radius 1 is 1.24 bits per heavy atom. The number of aromatic nitrogens is 1. The highest BCUT2D eigenvalue weighted by molar-refractivity contribution is 5.63. The fourth-order valence-corrected chi connectivity index (χ4v) is 3.28. The molecule has 0 aliphatic carbocycles. The van der Waals surface area contributed by atoms with Crippen molar-refractivity contribution in [1.29, 1.82) is 0 Å². The van der Waals surface area contributed by atoms with Crippen molar-refractivity contribution < 1.29 is 19.7 Å². The van der Waals surface area contributed by atoms with Gasteiger partial charge in [0.1, 0.15) is 17.5 Å². The first-order valence-electron chi connectivity index (χ1n) is 6.74. The highest BCUT2D eigenvalue weighted by Gasteiger charge is 2.50. The zero-order chi connectivity index (χ0) is 14.8. The number of fused-ring (bicyclic) bond motifs is 5. The number of methoxy groups -OCH3 is 1. The maximum Gasteiger partial charge on any atom is 0.205 e. The second-order valence-corrected chi connectivity index (χ2v) is 5.45. The third kappa shape index (κ3) is 1.39. The summed E-state index contributed by atoms with van der Waals surface area (Å²) in [4.78, 5) is 0. The van der Waals surface area contributed by atoms with E-state index in [4.69, 9.17) is 9.47 Å². The van der Waals surface area contributed by atoms with Crippen LogP contribution in [0.1, 0.15) is 24.2 Å². The lowest BCUT2D eigenvalue weighted by molar-refractivity contribution is 0.00855. The predicted octanol–water partition coefficient (Wildman–Crippen LogP) is 2.75. The Bertz CT molecular complexity index is 777. The summed E-state index contributed by atoms with van der Waals surface area (Å²) in [5.41, 5.74) is 1.16. The summed E-state index contributed by atoms with van der Waals surface area (Å²) in [5, 5.41) is 21.2. The average molecular weight is 285 g/mol. The molecule has 0 saturated carbocycles. The average Bonchev–Trinajstić information content (AvgIpc) is 3.08. The van der Waals surface area contributed by atoms with Gasteiger partial charge >= 0.3 is 0 Å². The minimum absolute atomic E-state index is 0.00919. The smallest absolute Gasteiger partial charge is 0.205 e. The summed E-state index contributed by atoms with van der Waals surface area (Å²) in [6, 6.07) is 7.23. The molecule has 0 saturated heterocycles. The molecule has 1 aromatic carbocycles. The fourth-order valence-electron chi connectivity index (χ4n) is 3.28. The highest BCUT2D eigenvalue weighted by Crippen LogP contribution is 2.58. The summed E-state index contributed by atoms with van der Waals surface area (Å²) >= 11 is 0. The van der Waals surface area contributed by atoms with Crippen LogP contribution < -0.4 is 4.74 Å². The van der Waals surface area contributed by atoms with Gasteiger partial charge in [-0.2, -0.15) is 0 Å². The first kappa shape index (κ1) is 12.3. The zero-order valence-corrected chi connectivity index (χ0v) is 11.7. The van der Waals surface area contributed by atoms with E-state index in [0.29, 0.717) is 22.6 Å². The van der Waals surface area contributed by atoms with Gasteiger partial charge in [-0.15, -0.1) is 0 Å². The number of benzene rings is 1. The van der Waals surface area contributed by atoms with Crippen molar-refractivity contribution in [2.45, 2.75) is 18.6 Å². The molecular formula is C16H15NO4. The first-order chi connectivity index (χ1) is 10.1. The van der Waals surface area contributed by atoms with Crippen molar-refractivity contribution in [3.63, 3.8) is 0 Å². The molecule has 0 amide bonds. The second-order valence-electron chi connectivity index (χ2n) is 5.45. The molecule has 0 radical (unpaired) electrons. The summed E-state index contributed by atoms with van der Waals surface area (Å²) in [6.45, 7) is 1.88. The third-order valence-corrected chi connectivity index (χ3v) is 4.23. The van der Waals surface area contributed by atoms with E-state index >= 15 is 0 Å². The number of aromatic hydroxyl groups is 2. The van der Waals surface area contributed by atoms with Crippen molar-refractivity contribution >= 4 is 0 Å². The van der Waals surface area contributed by atoms with Crippen LogP contribution >= 0.6 is 0 Å². The van der Waals surface area contributed by atoms with Crippen LogP contribution in [-0.4, -0.2) is 21.9 Å². The molecule has 3 heterocycles. The Labute approximate surface area is 121 Å². The molecule has 108 valence electrons. The van der Waals surface area contributed by atoms with E-state index in [1.54, 1.807) is 19.2 Å². The maximum absolute atomic E-state index is 10.6. The highest BCUT2D eigenvalue weighted by atomic mass is 16.5. The number of hydrogen-bond donors (Lipinski definition) is 2. The topological polar surface area (TPSA) is 63.9 Å². The molecule has 4 rings (SSSR count). The predicted molar refractivity (Wildman–Crippen MR) is 76.0 cm³/mol. The van der Waals surface area contributed by atoms with Gasteiger partial charge in [0.05, 0.1) is 23.9 Å². The SMILES string of the molecule is COc1ccccc1-n1c(O)c2c(c1O)C1(C)C=CC2O1. The Morgan fingerprint density at radius 3 is 2.71 bits per heavy atom. The lowest BCUT2D eigenvalue weighted by Gasteiger charge is -2.18. The molecule has 2 atom stereocenters. The Kier molecular flexibility index (Phi) is 2.25. The number of nitrogens with zero attached hydrogens (tertiary/aromatic N) is 1. The van der Waals surface area contributed by atoms with E-state index in [-0.39, 0.29) is 17.9 Å². The minimum atomic E-state index is -0.686. The van der Waals surface area contributed by atoms with Crippen LogP contribution in [0.25, 0.3) is 5.69 Å². The molecule has 0 fully saturated rings. The first-order valence-corrected chi connectivity index (χ1v) is 6.74. The minimum Gasteiger partial charge on any atom is -0.495 e. The van der Waals surface area contributed by atoms with E-state index in [1.165, 1.54) is 4.57 Å². The van der Waals surface area contributed by atoms with Crippen LogP contribution in [0.15, 0.2) is 36.4 Å². The van der Waals surface area contributed by atoms with Gasteiger partial charge in [0.15, 0.2) is 0 Å². The normalized spacial score (nSPS) is 25.3. The molecule has 2 N–H and O–H groups in total. The molecule has 2 aliphatic heterocycles. The van der Waals surface area contributed by atoms with Crippen molar-refractivity contribution in [2.24, 2.45) is 0 Å². The Balaban J connectivity index is 2.00. The summed E-state index contributed by atoms with van der Waals surface area (Å²) in [7, 11) is 1.56. The summed E-state index contributed by atoms with van der Waals surface area (Å²) < 4.78 is 12.5. The molecule has 2 unspecified atom stereocenters. The largest absolute Gasteiger partial charge is 0.495 e. The fraction of sp³-hybridized carbons (Fsp3) is 0.250. The van der Waals surface area contributed by atoms with E-state index in [0.717, 1.165) is 0 Å². The second kappa shape index (κ2) is 3.83. The lowest BCUT2D eigenvalue weighted by atomic mass is 9.91. The molecule has 5 heteroatoms. The van der Waals surface area contributed by atoms with Crippen molar-refractivity contribution in [2.75, 3.05) is 7.11 Å². The standard InChI is InChI=1S/C16H15NO4/c1-16-8-7-11(21-16)12-13(16)15(19)17(14(12)18)9-5-3-4-6-10(9)20-2/h3-8,11,18-19H,1-2H3. The van der Waals surface area contributed by atoms with Gasteiger partial charge in [0, 0.05) is 0 Å². The molecule has 2 aliphatic rings. The van der Waals surface area contributed by atoms with Crippen LogP contribution in [0.2, 0.25) is 0 Å². The lowest BCUT2D eigenvalue weighted by Crippen LogP contribution is -2.14. The number of ether oxygens (including phenoxy) is 2. The Morgan fingerprint density at radius 2 is 2.00 bits per heavy atom. The van der Waals surface area contributed by atoms with Crippen LogP contribution in [0.5, 0.6) is 17.5 Å². The number of hydrogen-bond acceptors (Lipinski definition) is 4. The summed E-state index contributed by atoms with van der Waals surface area (Å²) in [6.07, 6.45) is 3.49. The van der Waals surface area contributed by atoms with E-state index in [1.807, 2.05) is 31.2 Å². The zero-order valence-electron chi connectivity index (χ0n) is 11.7. The number of rotatable bonds is 2. The van der Waals surface area contributed by atoms with Crippen LogP contribution in [0.3, 0.4) is 0 Å². The van der Waals surface area contributed by atoms with E-state index < -0.39 is 5.60 Å². The quantitative estimate of drug-likeness (QED) is 0.833. The van der Waals surface area contributed by atoms with Gasteiger partial charge in [0.25, 0.3) is 0 Å². The van der Waals surface area contributed by atoms with Gasteiger partial charge < -0.3 is 19.7 Å². The number of para-hydroxylation sites is 2. The third-order valence-electron chi connectivity index (χ3n) is 4.23. The maximum atomic E-state index is 10.6. The summed E-state index contributed by atoms with van der Waals surface area (Å²) in [5.74, 6) is 0.551. The molecule has 0 spiro atoms. The van der Waals surface area contributed by atoms with Gasteiger partial charge in [0.2, 0.25) is 11.8 Å². The van der Waals surface area contributed by atoms with Crippen LogP contribution in [-0.2, 0) is 10.3 Å². The van der Waals surface area contributed by atoms with Crippen molar-refractivity contribution in [3.8, 4) is 23.2 Å². The van der Waals surface area contributed by atoms with E-state index in [9.17, 15) is 10.2 Å². The Hall–Kier alpha value is -2.40. The molecule has 21 heavy (non-hydrogen) atoms. The molecule has 1 aromatic heterocycles. The van der Waals surface area contributed by atoms with Gasteiger partial charge in [-0.25, -0.2) is 4.57 Å². The van der Waals surface area contributed by atoms with Crippen LogP contribution in [0, 0.1) is 0 Å². The van der Waals surface area contributed by atoms with Gasteiger partial charge in [-0.1, -0.05) is 18.2 Å². The van der Waals surface area contributed by atoms with Gasteiger partial charge in [-0.3, -0.25) is 0 Å². The van der Waals surface area contributed by atoms with Crippen molar-refractivity contribution in [1.82, 2.24) is 4.57 Å². The van der Waals surface area contributed by atoms with E-state index in [2.05, 4.69) is 0 Å². The molecular weight excluding hydrogens is 270 g/mol. The van der Waals surface area contributed by atoms with Gasteiger partial charge in [-0.05, 0) is 25.1 Å². The van der Waals surface area contributed by atoms with Crippen LogP contribution in [0.4, 0.5) is 0 Å². The van der Waals surface area contributed by atoms with Crippen molar-refractivity contribution in [3.05, 3.63) is 47.5 Å². The molecule has 2 bridgehead atoms. The molecule has 5 nitrogen and oxygen atoms in total. The monoisotopic (exact) mass is 285 g/mol. The molecule has 2 aromatic rings.